The smallest absolute Gasteiger partial charge is 0.194 e. The molecule has 20 heavy (non-hydrogen) atoms. The molecule has 0 radical (unpaired) electrons. The second-order valence-electron chi connectivity index (χ2n) is 4.36. The van der Waals surface area contributed by atoms with Crippen molar-refractivity contribution in [3.63, 3.8) is 0 Å². The number of nitrogen functional groups attached to an aromatic ring is 1. The summed E-state index contributed by atoms with van der Waals surface area (Å²) < 4.78 is 40.0. The number of pyridine rings is 1. The van der Waals surface area contributed by atoms with Crippen molar-refractivity contribution in [3.05, 3.63) is 59.0 Å². The monoisotopic (exact) mass is 281 g/mol. The highest BCUT2D eigenvalue weighted by Crippen LogP contribution is 2.25. The van der Waals surface area contributed by atoms with Crippen LogP contribution in [0.15, 0.2) is 30.5 Å². The zero-order chi connectivity index (χ0) is 14.7. The van der Waals surface area contributed by atoms with Crippen LogP contribution in [0, 0.1) is 17.5 Å². The number of aromatic nitrogens is 1. The molecule has 2 aromatic rings. The SMILES string of the molecule is CNC(Cc1cccnc1N)c1ccc(F)c(F)c1F. The molecule has 1 atom stereocenters. The summed E-state index contributed by atoms with van der Waals surface area (Å²) in [5.74, 6) is -3.54. The molecule has 0 amide bonds. The van der Waals surface area contributed by atoms with E-state index in [0.717, 1.165) is 6.07 Å². The predicted molar refractivity (Wildman–Crippen MR) is 70.5 cm³/mol. The van der Waals surface area contributed by atoms with Crippen molar-refractivity contribution in [1.82, 2.24) is 10.3 Å². The van der Waals surface area contributed by atoms with Gasteiger partial charge in [0.25, 0.3) is 0 Å². The molecule has 3 N–H and O–H groups in total. The zero-order valence-corrected chi connectivity index (χ0v) is 10.8. The van der Waals surface area contributed by atoms with Crippen molar-refractivity contribution in [2.24, 2.45) is 0 Å². The second kappa shape index (κ2) is 5.92. The Labute approximate surface area is 114 Å². The molecule has 0 bridgehead atoms. The third kappa shape index (κ3) is 2.75. The van der Waals surface area contributed by atoms with Crippen LogP contribution < -0.4 is 11.1 Å². The Bertz CT molecular complexity index is 617. The maximum Gasteiger partial charge on any atom is 0.194 e. The third-order valence-corrected chi connectivity index (χ3v) is 3.14. The number of nitrogens with two attached hydrogens (primary N) is 1. The van der Waals surface area contributed by atoms with E-state index in [9.17, 15) is 13.2 Å². The Morgan fingerprint density at radius 3 is 2.60 bits per heavy atom. The summed E-state index contributed by atoms with van der Waals surface area (Å²) in [6.45, 7) is 0. The summed E-state index contributed by atoms with van der Waals surface area (Å²) in [6, 6.07) is 5.06. The second-order valence-corrected chi connectivity index (χ2v) is 4.36. The van der Waals surface area contributed by atoms with Crippen LogP contribution in [0.25, 0.3) is 0 Å². The van der Waals surface area contributed by atoms with Gasteiger partial charge in [0.2, 0.25) is 0 Å². The van der Waals surface area contributed by atoms with Crippen molar-refractivity contribution >= 4 is 5.82 Å². The standard InChI is InChI=1S/C14H14F3N3/c1-19-11(7-8-3-2-6-20-14(8)18)9-4-5-10(15)13(17)12(9)16/h2-6,11,19H,7H2,1H3,(H2,18,20). The van der Waals surface area contributed by atoms with Gasteiger partial charge in [0.05, 0.1) is 0 Å². The summed E-state index contributed by atoms with van der Waals surface area (Å²) in [4.78, 5) is 3.94. The van der Waals surface area contributed by atoms with Gasteiger partial charge in [-0.2, -0.15) is 0 Å². The van der Waals surface area contributed by atoms with E-state index in [-0.39, 0.29) is 5.56 Å². The van der Waals surface area contributed by atoms with Crippen LogP contribution in [0.2, 0.25) is 0 Å². The minimum atomic E-state index is -1.47. The molecule has 0 aliphatic carbocycles. The minimum absolute atomic E-state index is 0.0506. The molecule has 0 saturated carbocycles. The Balaban J connectivity index is 2.34. The van der Waals surface area contributed by atoms with E-state index in [0.29, 0.717) is 17.8 Å². The van der Waals surface area contributed by atoms with Crippen molar-refractivity contribution in [2.75, 3.05) is 12.8 Å². The van der Waals surface area contributed by atoms with Gasteiger partial charge in [0.1, 0.15) is 5.82 Å². The number of hydrogen-bond acceptors (Lipinski definition) is 3. The van der Waals surface area contributed by atoms with Crippen LogP contribution in [-0.2, 0) is 6.42 Å². The fourth-order valence-corrected chi connectivity index (χ4v) is 2.02. The fraction of sp³-hybridized carbons (Fsp3) is 0.214. The number of benzene rings is 1. The van der Waals surface area contributed by atoms with E-state index in [4.69, 9.17) is 5.73 Å². The van der Waals surface area contributed by atoms with Gasteiger partial charge < -0.3 is 11.1 Å². The maximum atomic E-state index is 13.8. The third-order valence-electron chi connectivity index (χ3n) is 3.14. The molecule has 3 nitrogen and oxygen atoms in total. The van der Waals surface area contributed by atoms with Gasteiger partial charge in [-0.05, 0) is 31.2 Å². The lowest BCUT2D eigenvalue weighted by Gasteiger charge is -2.18. The first kappa shape index (κ1) is 14.3. The number of hydrogen-bond donors (Lipinski definition) is 2. The molecule has 1 unspecified atom stereocenters. The van der Waals surface area contributed by atoms with E-state index >= 15 is 0 Å². The highest BCUT2D eigenvalue weighted by atomic mass is 19.2. The summed E-state index contributed by atoms with van der Waals surface area (Å²) in [5, 5.41) is 2.87. The number of rotatable bonds is 4. The molecule has 1 heterocycles. The van der Waals surface area contributed by atoms with Crippen molar-refractivity contribution in [1.29, 1.82) is 0 Å². The van der Waals surface area contributed by atoms with Crippen LogP contribution in [0.1, 0.15) is 17.2 Å². The van der Waals surface area contributed by atoms with E-state index in [2.05, 4.69) is 10.3 Å². The molecular formula is C14H14F3N3. The van der Waals surface area contributed by atoms with Gasteiger partial charge in [0.15, 0.2) is 17.5 Å². The van der Waals surface area contributed by atoms with Crippen molar-refractivity contribution in [2.45, 2.75) is 12.5 Å². The normalized spacial score (nSPS) is 12.4. The molecule has 1 aromatic carbocycles. The van der Waals surface area contributed by atoms with Gasteiger partial charge in [-0.15, -0.1) is 0 Å². The maximum absolute atomic E-state index is 13.8. The predicted octanol–water partition coefficient (Wildman–Crippen LogP) is 2.58. The number of nitrogens with zero attached hydrogens (tertiary/aromatic N) is 1. The molecule has 1 aromatic heterocycles. The first-order chi connectivity index (χ1) is 9.54. The number of likely N-dealkylation sites (N-methyl/N-ethyl adjacent to an activating group) is 1. The van der Waals surface area contributed by atoms with Crippen LogP contribution >= 0.6 is 0 Å². The van der Waals surface area contributed by atoms with Crippen LogP contribution in [0.3, 0.4) is 0 Å². The molecule has 106 valence electrons. The number of anilines is 1. The highest BCUT2D eigenvalue weighted by molar-refractivity contribution is 5.40. The molecular weight excluding hydrogens is 267 g/mol. The first-order valence-electron chi connectivity index (χ1n) is 6.04. The van der Waals surface area contributed by atoms with E-state index in [1.165, 1.54) is 6.07 Å². The molecule has 0 saturated heterocycles. The number of nitrogens with one attached hydrogen (secondary N) is 1. The zero-order valence-electron chi connectivity index (χ0n) is 10.8. The average Bonchev–Trinajstić information content (AvgIpc) is 2.45. The van der Waals surface area contributed by atoms with Gasteiger partial charge in [-0.3, -0.25) is 0 Å². The topological polar surface area (TPSA) is 50.9 Å². The van der Waals surface area contributed by atoms with Crippen LogP contribution in [0.4, 0.5) is 19.0 Å². The van der Waals surface area contributed by atoms with Gasteiger partial charge in [0, 0.05) is 17.8 Å². The fourth-order valence-electron chi connectivity index (χ4n) is 2.02. The van der Waals surface area contributed by atoms with Crippen LogP contribution in [-0.4, -0.2) is 12.0 Å². The lowest BCUT2D eigenvalue weighted by atomic mass is 9.98. The van der Waals surface area contributed by atoms with Crippen molar-refractivity contribution in [3.8, 4) is 0 Å². The van der Waals surface area contributed by atoms with E-state index in [1.54, 1.807) is 25.4 Å². The Morgan fingerprint density at radius 2 is 1.95 bits per heavy atom. The van der Waals surface area contributed by atoms with Crippen LogP contribution in [0.5, 0.6) is 0 Å². The van der Waals surface area contributed by atoms with Crippen molar-refractivity contribution < 1.29 is 13.2 Å². The molecule has 0 spiro atoms. The first-order valence-corrected chi connectivity index (χ1v) is 6.04. The molecule has 0 aliphatic heterocycles. The highest BCUT2D eigenvalue weighted by Gasteiger charge is 2.20. The van der Waals surface area contributed by atoms with E-state index in [1.807, 2.05) is 0 Å². The largest absolute Gasteiger partial charge is 0.383 e. The summed E-state index contributed by atoms with van der Waals surface area (Å²) >= 11 is 0. The summed E-state index contributed by atoms with van der Waals surface area (Å²) in [7, 11) is 1.61. The van der Waals surface area contributed by atoms with E-state index < -0.39 is 23.5 Å². The molecule has 2 rings (SSSR count). The lowest BCUT2D eigenvalue weighted by Crippen LogP contribution is -2.21. The molecule has 6 heteroatoms. The summed E-state index contributed by atoms with van der Waals surface area (Å²) in [5.41, 5.74) is 6.48. The number of halogens is 3. The van der Waals surface area contributed by atoms with Gasteiger partial charge in [-0.1, -0.05) is 12.1 Å². The van der Waals surface area contributed by atoms with Gasteiger partial charge in [-0.25, -0.2) is 18.2 Å². The Kier molecular flexibility index (Phi) is 4.24. The Morgan fingerprint density at radius 1 is 1.20 bits per heavy atom. The average molecular weight is 281 g/mol. The minimum Gasteiger partial charge on any atom is -0.383 e. The quantitative estimate of drug-likeness (QED) is 0.847. The van der Waals surface area contributed by atoms with Gasteiger partial charge >= 0.3 is 0 Å². The Hall–Kier alpha value is -2.08. The lowest BCUT2D eigenvalue weighted by molar-refractivity contribution is 0.428. The summed E-state index contributed by atoms with van der Waals surface area (Å²) in [6.07, 6.45) is 1.86. The molecule has 0 aliphatic rings. The molecule has 0 fully saturated rings.